The van der Waals surface area contributed by atoms with Crippen LogP contribution in [0, 0.1) is 6.92 Å². The highest BCUT2D eigenvalue weighted by molar-refractivity contribution is 7.09. The Balaban J connectivity index is 2.60. The minimum Gasteiger partial charge on any atom is -0.292 e. The van der Waals surface area contributed by atoms with Crippen molar-refractivity contribution in [2.24, 2.45) is 4.99 Å². The molecule has 0 aliphatic rings. The van der Waals surface area contributed by atoms with Gasteiger partial charge < -0.3 is 0 Å². The summed E-state index contributed by atoms with van der Waals surface area (Å²) in [4.78, 5) is 16.2. The van der Waals surface area contributed by atoms with Crippen molar-refractivity contribution in [1.29, 1.82) is 0 Å². The molecule has 106 valence electrons. The predicted octanol–water partition coefficient (Wildman–Crippen LogP) is 4.12. The summed E-state index contributed by atoms with van der Waals surface area (Å²) < 4.78 is 14.3. The summed E-state index contributed by atoms with van der Waals surface area (Å²) >= 11 is 18.2. The van der Waals surface area contributed by atoms with Gasteiger partial charge in [0, 0.05) is 21.1 Å². The van der Waals surface area contributed by atoms with Gasteiger partial charge in [0.05, 0.1) is 5.69 Å². The van der Waals surface area contributed by atoms with E-state index in [1.165, 1.54) is 11.3 Å². The number of carbonyl (C=O) groups excluding carboxylic acids is 1. The number of carbonyl (C=O) groups is 1. The zero-order valence-corrected chi connectivity index (χ0v) is 13.2. The zero-order chi connectivity index (χ0) is 14.9. The number of benzene rings is 1. The van der Waals surface area contributed by atoms with Crippen molar-refractivity contribution in [3.05, 3.63) is 44.1 Å². The Labute approximate surface area is 133 Å². The van der Waals surface area contributed by atoms with Gasteiger partial charge >= 0.3 is 0 Å². The Morgan fingerprint density at radius 3 is 2.50 bits per heavy atom. The molecule has 0 bridgehead atoms. The average molecular weight is 354 g/mol. The number of alkyl halides is 2. The van der Waals surface area contributed by atoms with Crippen LogP contribution in [-0.4, -0.2) is 16.1 Å². The Bertz CT molecular complexity index is 703. The highest BCUT2D eigenvalue weighted by Crippen LogP contribution is 2.22. The van der Waals surface area contributed by atoms with E-state index in [2.05, 4.69) is 4.99 Å². The van der Waals surface area contributed by atoms with Crippen LogP contribution in [0.3, 0.4) is 0 Å². The van der Waals surface area contributed by atoms with E-state index in [0.29, 0.717) is 20.5 Å². The SMILES string of the molecule is Cc1cn(-c2cc(Cl)cc(Cl)c2)c(=NC(=O)C(F)Cl)s1. The Kier molecular flexibility index (Phi) is 4.86. The quantitative estimate of drug-likeness (QED) is 0.748. The number of amides is 1. The average Bonchev–Trinajstić information content (AvgIpc) is 2.68. The maximum atomic E-state index is 12.7. The Hall–Kier alpha value is -0.880. The minimum absolute atomic E-state index is 0.300. The standard InChI is InChI=1S/C12H8Cl3FN2OS/c1-6-5-18(9-3-7(13)2-8(14)4-9)12(20-6)17-11(19)10(15)16/h2-5,10H,1H3. The van der Waals surface area contributed by atoms with Gasteiger partial charge in [-0.25, -0.2) is 4.39 Å². The molecule has 2 rings (SSSR count). The van der Waals surface area contributed by atoms with Gasteiger partial charge in [-0.2, -0.15) is 4.99 Å². The van der Waals surface area contributed by atoms with Crippen molar-refractivity contribution < 1.29 is 9.18 Å². The topological polar surface area (TPSA) is 34.4 Å². The van der Waals surface area contributed by atoms with E-state index in [-0.39, 0.29) is 0 Å². The molecule has 0 saturated carbocycles. The summed E-state index contributed by atoms with van der Waals surface area (Å²) in [5.41, 5.74) is -1.53. The molecule has 1 aromatic heterocycles. The number of aryl methyl sites for hydroxylation is 1. The molecule has 0 spiro atoms. The van der Waals surface area contributed by atoms with Crippen LogP contribution < -0.4 is 4.80 Å². The molecule has 1 aromatic carbocycles. The summed E-state index contributed by atoms with van der Waals surface area (Å²) in [5.74, 6) is -1.05. The molecule has 0 N–H and O–H groups in total. The first-order valence-electron chi connectivity index (χ1n) is 5.39. The molecule has 20 heavy (non-hydrogen) atoms. The second-order valence-corrected chi connectivity index (χ2v) is 6.34. The maximum Gasteiger partial charge on any atom is 0.298 e. The molecule has 1 amide bonds. The largest absolute Gasteiger partial charge is 0.298 e. The molecule has 3 nitrogen and oxygen atoms in total. The number of halogens is 4. The van der Waals surface area contributed by atoms with E-state index < -0.39 is 11.5 Å². The number of hydrogen-bond donors (Lipinski definition) is 0. The molecule has 2 aromatic rings. The smallest absolute Gasteiger partial charge is 0.292 e. The molecular weight excluding hydrogens is 346 g/mol. The molecule has 0 radical (unpaired) electrons. The first-order chi connectivity index (χ1) is 9.36. The lowest BCUT2D eigenvalue weighted by Crippen LogP contribution is -2.17. The summed E-state index contributed by atoms with van der Waals surface area (Å²) in [7, 11) is 0. The van der Waals surface area contributed by atoms with Crippen LogP contribution in [0.15, 0.2) is 29.4 Å². The monoisotopic (exact) mass is 352 g/mol. The Morgan fingerprint density at radius 2 is 1.95 bits per heavy atom. The van der Waals surface area contributed by atoms with Crippen molar-refractivity contribution in [2.45, 2.75) is 12.6 Å². The number of nitrogens with zero attached hydrogens (tertiary/aromatic N) is 2. The fourth-order valence-corrected chi connectivity index (χ4v) is 2.94. The molecule has 8 heteroatoms. The summed E-state index contributed by atoms with van der Waals surface area (Å²) in [6.07, 6.45) is 1.75. The molecule has 0 fully saturated rings. The van der Waals surface area contributed by atoms with Crippen LogP contribution in [0.5, 0.6) is 0 Å². The molecule has 1 unspecified atom stereocenters. The van der Waals surface area contributed by atoms with Crippen molar-refractivity contribution in [3.8, 4) is 5.69 Å². The van der Waals surface area contributed by atoms with Crippen LogP contribution in [0.4, 0.5) is 4.39 Å². The van der Waals surface area contributed by atoms with Gasteiger partial charge in [0.2, 0.25) is 0 Å². The molecule has 1 heterocycles. The second kappa shape index (κ2) is 6.26. The third kappa shape index (κ3) is 3.61. The lowest BCUT2D eigenvalue weighted by atomic mass is 10.3. The summed E-state index contributed by atoms with van der Waals surface area (Å²) in [6, 6.07) is 4.91. The lowest BCUT2D eigenvalue weighted by molar-refractivity contribution is -0.120. The van der Waals surface area contributed by atoms with Crippen molar-refractivity contribution in [3.63, 3.8) is 0 Å². The number of aromatic nitrogens is 1. The molecule has 0 aliphatic heterocycles. The molecule has 0 aliphatic carbocycles. The third-order valence-corrected chi connectivity index (χ3v) is 3.81. The zero-order valence-electron chi connectivity index (χ0n) is 10.1. The van der Waals surface area contributed by atoms with Crippen molar-refractivity contribution >= 4 is 52.0 Å². The first-order valence-corrected chi connectivity index (χ1v) is 7.40. The van der Waals surface area contributed by atoms with Crippen molar-refractivity contribution in [1.82, 2.24) is 4.57 Å². The van der Waals surface area contributed by atoms with Crippen LogP contribution in [0.25, 0.3) is 5.69 Å². The minimum atomic E-state index is -2.16. The lowest BCUT2D eigenvalue weighted by Gasteiger charge is -2.04. The number of rotatable bonds is 2. The van der Waals surface area contributed by atoms with E-state index in [9.17, 15) is 9.18 Å². The highest BCUT2D eigenvalue weighted by Gasteiger charge is 2.13. The van der Waals surface area contributed by atoms with E-state index in [1.807, 2.05) is 6.92 Å². The Morgan fingerprint density at radius 1 is 1.35 bits per heavy atom. The van der Waals surface area contributed by atoms with Gasteiger partial charge in [-0.1, -0.05) is 34.8 Å². The summed E-state index contributed by atoms with van der Waals surface area (Å²) in [5, 5.41) is 0.892. The van der Waals surface area contributed by atoms with Gasteiger partial charge in [-0.15, -0.1) is 11.3 Å². The molecule has 0 saturated heterocycles. The third-order valence-electron chi connectivity index (χ3n) is 2.29. The maximum absolute atomic E-state index is 12.7. The van der Waals surface area contributed by atoms with Crippen LogP contribution >= 0.6 is 46.1 Å². The fourth-order valence-electron chi connectivity index (χ4n) is 1.54. The first kappa shape index (κ1) is 15.5. The number of hydrogen-bond acceptors (Lipinski definition) is 2. The van der Waals surface area contributed by atoms with E-state index in [4.69, 9.17) is 34.8 Å². The van der Waals surface area contributed by atoms with Gasteiger partial charge in [0.1, 0.15) is 0 Å². The van der Waals surface area contributed by atoms with E-state index in [0.717, 1.165) is 4.88 Å². The highest BCUT2D eigenvalue weighted by atomic mass is 35.5. The van der Waals surface area contributed by atoms with E-state index in [1.54, 1.807) is 29.0 Å². The number of thiazole rings is 1. The molecule has 1 atom stereocenters. The van der Waals surface area contributed by atoms with Crippen molar-refractivity contribution in [2.75, 3.05) is 0 Å². The van der Waals surface area contributed by atoms with Crippen LogP contribution in [-0.2, 0) is 4.79 Å². The van der Waals surface area contributed by atoms with Gasteiger partial charge in [-0.3, -0.25) is 9.36 Å². The normalized spacial score (nSPS) is 13.6. The van der Waals surface area contributed by atoms with Gasteiger partial charge in [0.15, 0.2) is 4.80 Å². The molecular formula is C12H8Cl3FN2OS. The van der Waals surface area contributed by atoms with Crippen LogP contribution in [0.2, 0.25) is 10.0 Å². The van der Waals surface area contributed by atoms with Crippen LogP contribution in [0.1, 0.15) is 4.88 Å². The van der Waals surface area contributed by atoms with E-state index >= 15 is 0 Å². The van der Waals surface area contributed by atoms with Gasteiger partial charge in [0.25, 0.3) is 11.5 Å². The summed E-state index contributed by atoms with van der Waals surface area (Å²) in [6.45, 7) is 1.84. The fraction of sp³-hybridized carbons (Fsp3) is 0.167. The van der Waals surface area contributed by atoms with Gasteiger partial charge in [-0.05, 0) is 25.1 Å². The predicted molar refractivity (Wildman–Crippen MR) is 79.7 cm³/mol. The second-order valence-electron chi connectivity index (χ2n) is 3.87.